The van der Waals surface area contributed by atoms with Gasteiger partial charge in [-0.2, -0.15) is 5.10 Å². The molecule has 2 heterocycles. The fraction of sp³-hybridized carbons (Fsp3) is 0.562. The molecule has 1 aliphatic rings. The molecular weight excluding hydrogens is 266 g/mol. The Morgan fingerprint density at radius 3 is 2.95 bits per heavy atom. The van der Waals surface area contributed by atoms with E-state index >= 15 is 0 Å². The average Bonchev–Trinajstić information content (AvgIpc) is 2.53. The maximum atomic E-state index is 12.5. The number of aliphatic hydroxyl groups excluding tert-OH is 1. The van der Waals surface area contributed by atoms with Gasteiger partial charge in [0.2, 0.25) is 0 Å². The number of nitrogens with zero attached hydrogens (tertiary/aromatic N) is 3. The molecule has 1 amide bonds. The standard InChI is InChI=1S/C16H23N3O2/c1-13(2)6-8-16(12-20)7-4-10-19(11-16)15(21)14-5-3-9-17-18-14/h3,5-6,9,20H,4,7-8,10-12H2,1-2H3/t16-/m1/s1. The van der Waals surface area contributed by atoms with Gasteiger partial charge in [0.1, 0.15) is 0 Å². The van der Waals surface area contributed by atoms with Gasteiger partial charge in [-0.25, -0.2) is 0 Å². The van der Waals surface area contributed by atoms with E-state index in [0.29, 0.717) is 18.8 Å². The molecule has 0 aliphatic carbocycles. The Hall–Kier alpha value is -1.75. The van der Waals surface area contributed by atoms with Crippen molar-refractivity contribution in [1.29, 1.82) is 0 Å². The van der Waals surface area contributed by atoms with Gasteiger partial charge in [-0.3, -0.25) is 4.79 Å². The lowest BCUT2D eigenvalue weighted by molar-refractivity contribution is 0.0280. The van der Waals surface area contributed by atoms with Gasteiger partial charge in [0.15, 0.2) is 5.69 Å². The first-order chi connectivity index (χ1) is 10.1. The molecule has 1 aliphatic heterocycles. The van der Waals surface area contributed by atoms with Crippen LogP contribution in [-0.2, 0) is 0 Å². The second kappa shape index (κ2) is 6.80. The highest BCUT2D eigenvalue weighted by Gasteiger charge is 2.36. The summed E-state index contributed by atoms with van der Waals surface area (Å²) in [5.74, 6) is -0.0992. The van der Waals surface area contributed by atoms with Crippen molar-refractivity contribution in [3.05, 3.63) is 35.7 Å². The first-order valence-electron chi connectivity index (χ1n) is 7.37. The monoisotopic (exact) mass is 289 g/mol. The highest BCUT2D eigenvalue weighted by molar-refractivity contribution is 5.92. The average molecular weight is 289 g/mol. The summed E-state index contributed by atoms with van der Waals surface area (Å²) < 4.78 is 0. The molecule has 0 bridgehead atoms. The van der Waals surface area contributed by atoms with E-state index in [1.165, 1.54) is 5.57 Å². The third-order valence-corrected chi connectivity index (χ3v) is 4.02. The summed E-state index contributed by atoms with van der Waals surface area (Å²) in [4.78, 5) is 14.3. The van der Waals surface area contributed by atoms with E-state index in [4.69, 9.17) is 0 Å². The van der Waals surface area contributed by atoms with Gasteiger partial charge in [0.25, 0.3) is 5.91 Å². The van der Waals surface area contributed by atoms with Crippen LogP contribution in [0.2, 0.25) is 0 Å². The van der Waals surface area contributed by atoms with E-state index in [9.17, 15) is 9.90 Å². The van der Waals surface area contributed by atoms with Gasteiger partial charge in [0, 0.05) is 24.7 Å². The van der Waals surface area contributed by atoms with Crippen molar-refractivity contribution in [1.82, 2.24) is 15.1 Å². The molecule has 21 heavy (non-hydrogen) atoms. The van der Waals surface area contributed by atoms with E-state index < -0.39 is 0 Å². The molecule has 0 aromatic carbocycles. The third kappa shape index (κ3) is 3.88. The third-order valence-electron chi connectivity index (χ3n) is 4.02. The lowest BCUT2D eigenvalue weighted by Gasteiger charge is -2.41. The molecule has 5 nitrogen and oxygen atoms in total. The van der Waals surface area contributed by atoms with Crippen LogP contribution in [0.15, 0.2) is 30.0 Å². The number of amides is 1. The Morgan fingerprint density at radius 2 is 2.33 bits per heavy atom. The summed E-state index contributed by atoms with van der Waals surface area (Å²) in [6, 6.07) is 3.40. The SMILES string of the molecule is CC(C)=CC[C@]1(CO)CCCN(C(=O)c2cccnn2)C1. The van der Waals surface area contributed by atoms with Crippen LogP contribution in [0.1, 0.15) is 43.6 Å². The number of aromatic nitrogens is 2. The Kier molecular flexibility index (Phi) is 5.07. The predicted molar refractivity (Wildman–Crippen MR) is 80.7 cm³/mol. The Labute approximate surface area is 125 Å². The lowest BCUT2D eigenvalue weighted by atomic mass is 9.77. The van der Waals surface area contributed by atoms with Gasteiger partial charge < -0.3 is 10.0 Å². The number of rotatable bonds is 4. The fourth-order valence-corrected chi connectivity index (χ4v) is 2.74. The number of carbonyl (C=O) groups excluding carboxylic acids is 1. The van der Waals surface area contributed by atoms with Crippen LogP contribution in [0.4, 0.5) is 0 Å². The first-order valence-corrected chi connectivity index (χ1v) is 7.37. The number of piperidine rings is 1. The number of hydrogen-bond acceptors (Lipinski definition) is 4. The summed E-state index contributed by atoms with van der Waals surface area (Å²) >= 11 is 0. The van der Waals surface area contributed by atoms with Crippen molar-refractivity contribution in [2.75, 3.05) is 19.7 Å². The minimum Gasteiger partial charge on any atom is -0.396 e. The van der Waals surface area contributed by atoms with Crippen LogP contribution in [0.3, 0.4) is 0 Å². The Morgan fingerprint density at radius 1 is 1.52 bits per heavy atom. The minimum absolute atomic E-state index is 0.0982. The summed E-state index contributed by atoms with van der Waals surface area (Å²) in [6.07, 6.45) is 6.35. The molecule has 114 valence electrons. The molecule has 1 aromatic rings. The summed E-state index contributed by atoms with van der Waals surface area (Å²) in [6.45, 7) is 5.49. The fourth-order valence-electron chi connectivity index (χ4n) is 2.74. The molecule has 0 spiro atoms. The zero-order valence-electron chi connectivity index (χ0n) is 12.7. The molecule has 0 unspecified atom stereocenters. The molecule has 1 N–H and O–H groups in total. The molecule has 1 aromatic heterocycles. The summed E-state index contributed by atoms with van der Waals surface area (Å²) in [5.41, 5.74) is 1.38. The molecule has 0 saturated carbocycles. The topological polar surface area (TPSA) is 66.3 Å². The van der Waals surface area contributed by atoms with Crippen LogP contribution in [0.25, 0.3) is 0 Å². The van der Waals surface area contributed by atoms with Gasteiger partial charge in [0.05, 0.1) is 6.61 Å². The summed E-state index contributed by atoms with van der Waals surface area (Å²) in [7, 11) is 0. The van der Waals surface area contributed by atoms with E-state index in [-0.39, 0.29) is 17.9 Å². The van der Waals surface area contributed by atoms with Crippen LogP contribution in [0, 0.1) is 5.41 Å². The Balaban J connectivity index is 2.12. The number of likely N-dealkylation sites (tertiary alicyclic amines) is 1. The van der Waals surface area contributed by atoms with E-state index in [0.717, 1.165) is 19.3 Å². The van der Waals surface area contributed by atoms with Crippen LogP contribution in [0.5, 0.6) is 0 Å². The highest BCUT2D eigenvalue weighted by Crippen LogP contribution is 2.34. The second-order valence-corrected chi connectivity index (χ2v) is 6.08. The number of hydrogen-bond donors (Lipinski definition) is 1. The van der Waals surface area contributed by atoms with Crippen LogP contribution in [-0.4, -0.2) is 45.8 Å². The van der Waals surface area contributed by atoms with Crippen molar-refractivity contribution in [2.45, 2.75) is 33.1 Å². The zero-order chi connectivity index (χ0) is 15.3. The molecule has 5 heteroatoms. The largest absolute Gasteiger partial charge is 0.396 e. The maximum Gasteiger partial charge on any atom is 0.274 e. The van der Waals surface area contributed by atoms with E-state index in [1.807, 2.05) is 0 Å². The number of aliphatic hydroxyl groups is 1. The number of allylic oxidation sites excluding steroid dienone is 2. The van der Waals surface area contributed by atoms with Crippen molar-refractivity contribution in [3.63, 3.8) is 0 Å². The highest BCUT2D eigenvalue weighted by atomic mass is 16.3. The smallest absolute Gasteiger partial charge is 0.274 e. The van der Waals surface area contributed by atoms with E-state index in [1.54, 1.807) is 23.2 Å². The van der Waals surface area contributed by atoms with Crippen molar-refractivity contribution in [3.8, 4) is 0 Å². The molecule has 1 saturated heterocycles. The van der Waals surface area contributed by atoms with Crippen molar-refractivity contribution < 1.29 is 9.90 Å². The predicted octanol–water partition coefficient (Wildman–Crippen LogP) is 2.05. The van der Waals surface area contributed by atoms with E-state index in [2.05, 4.69) is 30.1 Å². The zero-order valence-corrected chi connectivity index (χ0v) is 12.7. The van der Waals surface area contributed by atoms with Crippen molar-refractivity contribution >= 4 is 5.91 Å². The maximum absolute atomic E-state index is 12.5. The van der Waals surface area contributed by atoms with Crippen LogP contribution < -0.4 is 0 Å². The minimum atomic E-state index is -0.229. The molecule has 0 radical (unpaired) electrons. The second-order valence-electron chi connectivity index (χ2n) is 6.08. The molecular formula is C16H23N3O2. The molecule has 2 rings (SSSR count). The van der Waals surface area contributed by atoms with Gasteiger partial charge in [-0.05, 0) is 45.2 Å². The van der Waals surface area contributed by atoms with Gasteiger partial charge in [-0.1, -0.05) is 11.6 Å². The molecule has 1 atom stereocenters. The first kappa shape index (κ1) is 15.6. The Bertz CT molecular complexity index is 512. The van der Waals surface area contributed by atoms with Gasteiger partial charge in [-0.15, -0.1) is 5.10 Å². The normalized spacial score (nSPS) is 22.0. The summed E-state index contributed by atoms with van der Waals surface area (Å²) in [5, 5.41) is 17.5. The van der Waals surface area contributed by atoms with Gasteiger partial charge >= 0.3 is 0 Å². The quantitative estimate of drug-likeness (QED) is 0.861. The van der Waals surface area contributed by atoms with Crippen molar-refractivity contribution in [2.24, 2.45) is 5.41 Å². The number of carbonyl (C=O) groups is 1. The van der Waals surface area contributed by atoms with Crippen LogP contribution >= 0.6 is 0 Å². The molecule has 1 fully saturated rings. The lowest BCUT2D eigenvalue weighted by Crippen LogP contribution is -2.48.